The van der Waals surface area contributed by atoms with Crippen LogP contribution in [0.15, 0.2) is 48.5 Å². The zero-order chi connectivity index (χ0) is 15.1. The monoisotopic (exact) mass is 320 g/mol. The number of nitrogens with one attached hydrogen (secondary N) is 2. The number of thiocarbonyl (C=S) groups is 1. The fourth-order valence-corrected chi connectivity index (χ4v) is 2.11. The molecule has 2 aromatic rings. The minimum atomic E-state index is 0.486. The third-order valence-corrected chi connectivity index (χ3v) is 3.35. The maximum absolute atomic E-state index is 6.00. The van der Waals surface area contributed by atoms with Gasteiger partial charge in [0.2, 0.25) is 0 Å². The third-order valence-electron chi connectivity index (χ3n) is 2.79. The van der Waals surface area contributed by atoms with E-state index in [1.807, 2.05) is 49.4 Å². The Kier molecular flexibility index (Phi) is 5.84. The highest BCUT2D eigenvalue weighted by Gasteiger charge is 2.00. The summed E-state index contributed by atoms with van der Waals surface area (Å²) >= 11 is 11.2. The van der Waals surface area contributed by atoms with E-state index in [0.29, 0.717) is 29.0 Å². The summed E-state index contributed by atoms with van der Waals surface area (Å²) in [7, 11) is 0. The van der Waals surface area contributed by atoms with E-state index in [0.717, 1.165) is 5.69 Å². The van der Waals surface area contributed by atoms with Crippen LogP contribution in [0, 0.1) is 6.92 Å². The van der Waals surface area contributed by atoms with Crippen molar-refractivity contribution in [2.24, 2.45) is 0 Å². The molecular formula is C16H17ClN2OS. The molecule has 0 bridgehead atoms. The van der Waals surface area contributed by atoms with Crippen LogP contribution in [0.25, 0.3) is 0 Å². The Hall–Kier alpha value is -1.78. The number of para-hydroxylation sites is 1. The zero-order valence-electron chi connectivity index (χ0n) is 11.7. The van der Waals surface area contributed by atoms with Crippen LogP contribution < -0.4 is 15.4 Å². The molecule has 0 spiro atoms. The molecule has 5 heteroatoms. The van der Waals surface area contributed by atoms with Gasteiger partial charge in [-0.2, -0.15) is 0 Å². The predicted molar refractivity (Wildman–Crippen MR) is 92.3 cm³/mol. The van der Waals surface area contributed by atoms with Crippen LogP contribution in [0.2, 0.25) is 5.02 Å². The van der Waals surface area contributed by atoms with Crippen molar-refractivity contribution in [3.8, 4) is 5.75 Å². The Morgan fingerprint density at radius 1 is 1.14 bits per heavy atom. The number of halogens is 1. The topological polar surface area (TPSA) is 33.3 Å². The molecule has 0 saturated carbocycles. The highest BCUT2D eigenvalue weighted by molar-refractivity contribution is 7.80. The molecule has 0 heterocycles. The first-order valence-electron chi connectivity index (χ1n) is 6.64. The van der Waals surface area contributed by atoms with E-state index >= 15 is 0 Å². The fraction of sp³-hybridized carbons (Fsp3) is 0.188. The van der Waals surface area contributed by atoms with Gasteiger partial charge in [-0.1, -0.05) is 41.4 Å². The van der Waals surface area contributed by atoms with Gasteiger partial charge < -0.3 is 15.4 Å². The average Bonchev–Trinajstić information content (AvgIpc) is 2.48. The van der Waals surface area contributed by atoms with Gasteiger partial charge in [0.25, 0.3) is 0 Å². The number of rotatable bonds is 5. The average molecular weight is 321 g/mol. The first kappa shape index (κ1) is 15.6. The Balaban J connectivity index is 1.70. The number of ether oxygens (including phenoxy) is 1. The van der Waals surface area contributed by atoms with Crippen molar-refractivity contribution in [3.05, 3.63) is 59.1 Å². The van der Waals surface area contributed by atoms with Gasteiger partial charge >= 0.3 is 0 Å². The Labute approximate surface area is 135 Å². The van der Waals surface area contributed by atoms with Crippen molar-refractivity contribution in [2.75, 3.05) is 18.5 Å². The van der Waals surface area contributed by atoms with Crippen molar-refractivity contribution >= 4 is 34.6 Å². The van der Waals surface area contributed by atoms with Crippen LogP contribution in [-0.2, 0) is 0 Å². The maximum atomic E-state index is 6.00. The summed E-state index contributed by atoms with van der Waals surface area (Å²) in [6, 6.07) is 15.4. The number of hydrogen-bond acceptors (Lipinski definition) is 2. The van der Waals surface area contributed by atoms with Crippen LogP contribution in [0.5, 0.6) is 5.75 Å². The summed E-state index contributed by atoms with van der Waals surface area (Å²) < 4.78 is 5.57. The van der Waals surface area contributed by atoms with Gasteiger partial charge in [-0.25, -0.2) is 0 Å². The summed E-state index contributed by atoms with van der Waals surface area (Å²) in [6.45, 7) is 3.13. The van der Waals surface area contributed by atoms with Gasteiger partial charge in [0.05, 0.1) is 11.6 Å². The summed E-state index contributed by atoms with van der Waals surface area (Å²) in [5.41, 5.74) is 2.18. The van der Waals surface area contributed by atoms with Crippen molar-refractivity contribution in [1.82, 2.24) is 5.32 Å². The number of benzene rings is 2. The van der Waals surface area contributed by atoms with Crippen molar-refractivity contribution in [3.63, 3.8) is 0 Å². The van der Waals surface area contributed by atoms with Crippen LogP contribution in [-0.4, -0.2) is 18.3 Å². The molecule has 110 valence electrons. The molecule has 0 aromatic heterocycles. The second-order valence-corrected chi connectivity index (χ2v) is 5.34. The molecule has 0 aliphatic carbocycles. The second kappa shape index (κ2) is 7.86. The molecule has 0 radical (unpaired) electrons. The molecule has 0 saturated heterocycles. The first-order valence-corrected chi connectivity index (χ1v) is 7.42. The standard InChI is InChI=1S/C16H17ClN2OS/c1-12-6-8-13(9-7-12)19-16(21)18-10-11-20-15-5-3-2-4-14(15)17/h2-9H,10-11H2,1H3,(H2,18,19,21). The van der Waals surface area contributed by atoms with E-state index in [-0.39, 0.29) is 0 Å². The largest absolute Gasteiger partial charge is 0.490 e. The minimum absolute atomic E-state index is 0.486. The maximum Gasteiger partial charge on any atom is 0.170 e. The first-order chi connectivity index (χ1) is 10.1. The highest BCUT2D eigenvalue weighted by atomic mass is 35.5. The Morgan fingerprint density at radius 2 is 1.86 bits per heavy atom. The highest BCUT2D eigenvalue weighted by Crippen LogP contribution is 2.22. The second-order valence-electron chi connectivity index (χ2n) is 4.53. The van der Waals surface area contributed by atoms with E-state index in [4.69, 9.17) is 28.6 Å². The van der Waals surface area contributed by atoms with Crippen molar-refractivity contribution < 1.29 is 4.74 Å². The van der Waals surface area contributed by atoms with Crippen LogP contribution in [0.1, 0.15) is 5.56 Å². The van der Waals surface area contributed by atoms with Gasteiger partial charge in [0, 0.05) is 5.69 Å². The molecule has 2 aromatic carbocycles. The zero-order valence-corrected chi connectivity index (χ0v) is 13.3. The van der Waals surface area contributed by atoms with E-state index in [1.54, 1.807) is 6.07 Å². The van der Waals surface area contributed by atoms with Crippen molar-refractivity contribution in [1.29, 1.82) is 0 Å². The normalized spacial score (nSPS) is 10.0. The van der Waals surface area contributed by atoms with E-state index in [1.165, 1.54) is 5.56 Å². The van der Waals surface area contributed by atoms with E-state index in [9.17, 15) is 0 Å². The molecule has 0 aliphatic rings. The molecule has 21 heavy (non-hydrogen) atoms. The summed E-state index contributed by atoms with van der Waals surface area (Å²) in [6.07, 6.45) is 0. The lowest BCUT2D eigenvalue weighted by Crippen LogP contribution is -2.31. The summed E-state index contributed by atoms with van der Waals surface area (Å²) in [5.74, 6) is 0.679. The molecule has 0 amide bonds. The third kappa shape index (κ3) is 5.25. The molecular weight excluding hydrogens is 304 g/mol. The Morgan fingerprint density at radius 3 is 2.57 bits per heavy atom. The molecule has 3 nitrogen and oxygen atoms in total. The molecule has 0 atom stereocenters. The number of aryl methyl sites for hydroxylation is 1. The SMILES string of the molecule is Cc1ccc(NC(=S)NCCOc2ccccc2Cl)cc1. The lowest BCUT2D eigenvalue weighted by atomic mass is 10.2. The summed E-state index contributed by atoms with van der Waals surface area (Å²) in [5, 5.41) is 7.39. The fourth-order valence-electron chi connectivity index (χ4n) is 1.70. The minimum Gasteiger partial charge on any atom is -0.490 e. The van der Waals surface area contributed by atoms with Crippen LogP contribution in [0.4, 0.5) is 5.69 Å². The van der Waals surface area contributed by atoms with E-state index < -0.39 is 0 Å². The summed E-state index contributed by atoms with van der Waals surface area (Å²) in [4.78, 5) is 0. The molecule has 2 N–H and O–H groups in total. The number of anilines is 1. The van der Waals surface area contributed by atoms with Gasteiger partial charge in [-0.15, -0.1) is 0 Å². The predicted octanol–water partition coefficient (Wildman–Crippen LogP) is 4.01. The number of hydrogen-bond donors (Lipinski definition) is 2. The quantitative estimate of drug-likeness (QED) is 0.644. The smallest absolute Gasteiger partial charge is 0.170 e. The molecule has 2 rings (SSSR count). The molecule has 0 aliphatic heterocycles. The molecule has 0 unspecified atom stereocenters. The Bertz CT molecular complexity index is 601. The van der Waals surface area contributed by atoms with E-state index in [2.05, 4.69) is 10.6 Å². The lowest BCUT2D eigenvalue weighted by molar-refractivity contribution is 0.323. The van der Waals surface area contributed by atoms with Gasteiger partial charge in [0.15, 0.2) is 5.11 Å². The van der Waals surface area contributed by atoms with Crippen molar-refractivity contribution in [2.45, 2.75) is 6.92 Å². The van der Waals surface area contributed by atoms with Crippen LogP contribution in [0.3, 0.4) is 0 Å². The van der Waals surface area contributed by atoms with Gasteiger partial charge in [-0.05, 0) is 43.4 Å². The van der Waals surface area contributed by atoms with Gasteiger partial charge in [-0.3, -0.25) is 0 Å². The lowest BCUT2D eigenvalue weighted by Gasteiger charge is -2.12. The van der Waals surface area contributed by atoms with Gasteiger partial charge in [0.1, 0.15) is 12.4 Å². The van der Waals surface area contributed by atoms with Crippen LogP contribution >= 0.6 is 23.8 Å². The molecule has 0 fully saturated rings.